The van der Waals surface area contributed by atoms with Gasteiger partial charge in [-0.3, -0.25) is 4.79 Å². The van der Waals surface area contributed by atoms with Gasteiger partial charge in [-0.05, 0) is 63.2 Å². The van der Waals surface area contributed by atoms with Crippen molar-refractivity contribution in [2.24, 2.45) is 0 Å². The highest BCUT2D eigenvalue weighted by Crippen LogP contribution is 2.23. The number of aromatic nitrogens is 2. The van der Waals surface area contributed by atoms with E-state index in [1.54, 1.807) is 28.9 Å². The van der Waals surface area contributed by atoms with E-state index in [9.17, 15) is 13.2 Å². The molecule has 0 bridgehead atoms. The monoisotopic (exact) mass is 488 g/mol. The van der Waals surface area contributed by atoms with Crippen LogP contribution in [0.5, 0.6) is 0 Å². The van der Waals surface area contributed by atoms with E-state index < -0.39 is 10.0 Å². The summed E-state index contributed by atoms with van der Waals surface area (Å²) in [6.07, 6.45) is -0.359. The summed E-state index contributed by atoms with van der Waals surface area (Å²) in [6, 6.07) is 14.8. The molecule has 1 saturated heterocycles. The van der Waals surface area contributed by atoms with Crippen LogP contribution < -0.4 is 5.32 Å². The highest BCUT2D eigenvalue weighted by molar-refractivity contribution is 7.89. The number of sulfonamides is 1. The molecule has 4 rings (SSSR count). The molecule has 0 radical (unpaired) electrons. The molecule has 1 aliphatic heterocycles. The van der Waals surface area contributed by atoms with E-state index in [2.05, 4.69) is 10.4 Å². The maximum absolute atomic E-state index is 13.0. The Bertz CT molecular complexity index is 1260. The van der Waals surface area contributed by atoms with Crippen molar-refractivity contribution in [3.63, 3.8) is 0 Å². The van der Waals surface area contributed by atoms with Crippen LogP contribution in [-0.4, -0.2) is 53.7 Å². The Kier molecular flexibility index (Phi) is 6.58. The van der Waals surface area contributed by atoms with Gasteiger partial charge >= 0.3 is 0 Å². The number of nitrogens with zero attached hydrogens (tertiary/aromatic N) is 3. The first-order chi connectivity index (χ1) is 15.6. The minimum atomic E-state index is -3.68. The van der Waals surface area contributed by atoms with E-state index in [1.165, 1.54) is 28.6 Å². The summed E-state index contributed by atoms with van der Waals surface area (Å²) in [7, 11) is -3.68. The van der Waals surface area contributed by atoms with Crippen LogP contribution in [0.25, 0.3) is 5.69 Å². The normalized spacial score (nSPS) is 19.4. The highest BCUT2D eigenvalue weighted by atomic mass is 35.5. The number of anilines is 1. The van der Waals surface area contributed by atoms with Crippen molar-refractivity contribution in [3.05, 3.63) is 70.9 Å². The maximum atomic E-state index is 13.0. The van der Waals surface area contributed by atoms with Gasteiger partial charge in [0.15, 0.2) is 0 Å². The second kappa shape index (κ2) is 9.26. The first-order valence-electron chi connectivity index (χ1n) is 10.5. The number of rotatable bonds is 5. The molecule has 174 valence electrons. The van der Waals surface area contributed by atoms with Crippen molar-refractivity contribution in [1.29, 1.82) is 0 Å². The molecule has 1 fully saturated rings. The Morgan fingerprint density at radius 2 is 1.76 bits per heavy atom. The molecule has 0 aliphatic carbocycles. The fourth-order valence-electron chi connectivity index (χ4n) is 3.84. The molecule has 2 heterocycles. The van der Waals surface area contributed by atoms with Crippen LogP contribution >= 0.6 is 11.6 Å². The largest absolute Gasteiger partial charge is 0.373 e. The van der Waals surface area contributed by atoms with Gasteiger partial charge in [-0.15, -0.1) is 0 Å². The Morgan fingerprint density at radius 1 is 1.09 bits per heavy atom. The third-order valence-electron chi connectivity index (χ3n) is 5.27. The molecule has 1 aromatic heterocycles. The Balaban J connectivity index is 1.53. The van der Waals surface area contributed by atoms with E-state index in [0.717, 1.165) is 5.69 Å². The lowest BCUT2D eigenvalue weighted by atomic mass is 10.2. The maximum Gasteiger partial charge on any atom is 0.256 e. The fourth-order valence-corrected chi connectivity index (χ4v) is 5.61. The zero-order valence-corrected chi connectivity index (χ0v) is 20.1. The van der Waals surface area contributed by atoms with E-state index >= 15 is 0 Å². The van der Waals surface area contributed by atoms with Crippen LogP contribution in [-0.2, 0) is 14.8 Å². The van der Waals surface area contributed by atoms with Gasteiger partial charge in [-0.25, -0.2) is 13.1 Å². The summed E-state index contributed by atoms with van der Waals surface area (Å²) in [5.74, 6) is 0.100. The predicted molar refractivity (Wildman–Crippen MR) is 126 cm³/mol. The lowest BCUT2D eigenvalue weighted by molar-refractivity contribution is -0.0440. The van der Waals surface area contributed by atoms with Crippen molar-refractivity contribution in [2.45, 2.75) is 37.9 Å². The number of hydrogen-bond donors (Lipinski definition) is 1. The molecular formula is C23H25ClN4O4S. The molecule has 2 unspecified atom stereocenters. The van der Waals surface area contributed by atoms with E-state index in [0.29, 0.717) is 35.2 Å². The highest BCUT2D eigenvalue weighted by Gasteiger charge is 2.32. The Labute approximate surface area is 198 Å². The quantitative estimate of drug-likeness (QED) is 0.588. The molecule has 10 heteroatoms. The fraction of sp³-hybridized carbons (Fsp3) is 0.304. The number of ether oxygens (including phenoxy) is 1. The predicted octanol–water partition coefficient (Wildman–Crippen LogP) is 3.88. The molecule has 8 nitrogen and oxygen atoms in total. The van der Waals surface area contributed by atoms with Crippen LogP contribution in [0, 0.1) is 6.92 Å². The number of amides is 1. The smallest absolute Gasteiger partial charge is 0.256 e. The summed E-state index contributed by atoms with van der Waals surface area (Å²) >= 11 is 6.09. The van der Waals surface area contributed by atoms with Crippen molar-refractivity contribution in [1.82, 2.24) is 14.1 Å². The minimum absolute atomic E-state index is 0.139. The molecule has 1 amide bonds. The third-order valence-corrected chi connectivity index (χ3v) is 7.35. The van der Waals surface area contributed by atoms with Crippen LogP contribution in [0.4, 0.5) is 5.82 Å². The van der Waals surface area contributed by atoms with E-state index in [-0.39, 0.29) is 23.0 Å². The summed E-state index contributed by atoms with van der Waals surface area (Å²) in [6.45, 7) is 6.11. The molecule has 2 aromatic carbocycles. The van der Waals surface area contributed by atoms with Crippen LogP contribution in [0.3, 0.4) is 0 Å². The minimum Gasteiger partial charge on any atom is -0.373 e. The van der Waals surface area contributed by atoms with Crippen LogP contribution in [0.15, 0.2) is 59.5 Å². The van der Waals surface area contributed by atoms with Crippen LogP contribution in [0.1, 0.15) is 29.9 Å². The molecular weight excluding hydrogens is 464 g/mol. The molecule has 33 heavy (non-hydrogen) atoms. The topological polar surface area (TPSA) is 93.5 Å². The number of halogens is 1. The Morgan fingerprint density at radius 3 is 2.39 bits per heavy atom. The van der Waals surface area contributed by atoms with Gasteiger partial charge in [0, 0.05) is 29.7 Å². The number of aryl methyl sites for hydroxylation is 1. The van der Waals surface area contributed by atoms with Gasteiger partial charge in [-0.1, -0.05) is 17.7 Å². The lowest BCUT2D eigenvalue weighted by Crippen LogP contribution is -2.48. The number of nitrogens with one attached hydrogen (secondary N) is 1. The molecule has 2 atom stereocenters. The second-order valence-electron chi connectivity index (χ2n) is 8.12. The van der Waals surface area contributed by atoms with Gasteiger partial charge in [0.05, 0.1) is 28.5 Å². The number of benzene rings is 2. The van der Waals surface area contributed by atoms with Gasteiger partial charge < -0.3 is 10.1 Å². The molecule has 1 aliphatic rings. The zero-order chi connectivity index (χ0) is 23.8. The van der Waals surface area contributed by atoms with Gasteiger partial charge in [-0.2, -0.15) is 9.40 Å². The van der Waals surface area contributed by atoms with Gasteiger partial charge in [0.25, 0.3) is 5.91 Å². The number of carbonyl (C=O) groups is 1. The Hall–Kier alpha value is -2.72. The van der Waals surface area contributed by atoms with Crippen molar-refractivity contribution < 1.29 is 17.9 Å². The molecule has 3 aromatic rings. The van der Waals surface area contributed by atoms with Gasteiger partial charge in [0.1, 0.15) is 5.82 Å². The molecule has 1 N–H and O–H groups in total. The molecule has 0 saturated carbocycles. The summed E-state index contributed by atoms with van der Waals surface area (Å²) < 4.78 is 34.7. The second-order valence-corrected chi connectivity index (χ2v) is 10.5. The number of carbonyl (C=O) groups excluding carboxylic acids is 1. The average Bonchev–Trinajstić information content (AvgIpc) is 3.13. The summed E-state index contributed by atoms with van der Waals surface area (Å²) in [4.78, 5) is 13.0. The number of morpholine rings is 1. The first kappa shape index (κ1) is 23.4. The van der Waals surface area contributed by atoms with Crippen molar-refractivity contribution in [3.8, 4) is 5.69 Å². The van der Waals surface area contributed by atoms with E-state index in [1.807, 2.05) is 26.8 Å². The molecule has 0 spiro atoms. The van der Waals surface area contributed by atoms with Crippen LogP contribution in [0.2, 0.25) is 5.02 Å². The average molecular weight is 489 g/mol. The summed E-state index contributed by atoms with van der Waals surface area (Å²) in [5.41, 5.74) is 1.76. The van der Waals surface area contributed by atoms with Gasteiger partial charge in [0.2, 0.25) is 10.0 Å². The van der Waals surface area contributed by atoms with Crippen molar-refractivity contribution >= 4 is 33.3 Å². The zero-order valence-electron chi connectivity index (χ0n) is 18.5. The lowest BCUT2D eigenvalue weighted by Gasteiger charge is -2.34. The first-order valence-corrected chi connectivity index (χ1v) is 12.3. The van der Waals surface area contributed by atoms with E-state index in [4.69, 9.17) is 16.3 Å². The van der Waals surface area contributed by atoms with Crippen molar-refractivity contribution in [2.75, 3.05) is 18.4 Å². The SMILES string of the molecule is Cc1cc(NC(=O)c2ccc(S(=O)(=O)N3CC(C)OC(C)C3)cc2)n(-c2cccc(Cl)c2)n1. The third kappa shape index (κ3) is 5.11. The summed E-state index contributed by atoms with van der Waals surface area (Å²) in [5, 5.41) is 7.82. The number of hydrogen-bond acceptors (Lipinski definition) is 5. The standard InChI is InChI=1S/C23H25ClN4O4S/c1-15-11-22(28(26-15)20-6-4-5-19(24)12-20)25-23(29)18-7-9-21(10-8-18)33(30,31)27-13-16(2)32-17(3)14-27/h4-12,16-17H,13-14H2,1-3H3,(H,25,29).